The second-order valence-electron chi connectivity index (χ2n) is 3.04. The van der Waals surface area contributed by atoms with E-state index in [9.17, 15) is 8.78 Å². The molecule has 0 radical (unpaired) electrons. The van der Waals surface area contributed by atoms with E-state index in [4.69, 9.17) is 10.6 Å². The summed E-state index contributed by atoms with van der Waals surface area (Å²) in [6.07, 6.45) is 2.61. The Balaban J connectivity index is 2.28. The number of nitrogens with zero attached hydrogens (tertiary/aromatic N) is 2. The highest BCUT2D eigenvalue weighted by Gasteiger charge is 2.10. The van der Waals surface area contributed by atoms with E-state index in [0.29, 0.717) is 0 Å². The van der Waals surface area contributed by atoms with E-state index in [1.807, 2.05) is 0 Å². The van der Waals surface area contributed by atoms with E-state index in [-0.39, 0.29) is 17.4 Å². The standard InChI is InChI=1S/C10H8F2N4O/c11-6-2-1-3-7(10(6)12)17-9-5-14-4-8(15-9)16-13/h1-5H,13H2,(H,15,16). The topological polar surface area (TPSA) is 73.1 Å². The number of ether oxygens (including phenoxy) is 1. The molecule has 0 amide bonds. The highest BCUT2D eigenvalue weighted by Crippen LogP contribution is 2.24. The fourth-order valence-corrected chi connectivity index (χ4v) is 1.14. The van der Waals surface area contributed by atoms with Crippen molar-refractivity contribution in [3.05, 3.63) is 42.2 Å². The first kappa shape index (κ1) is 11.2. The van der Waals surface area contributed by atoms with Gasteiger partial charge >= 0.3 is 0 Å². The van der Waals surface area contributed by atoms with Gasteiger partial charge in [-0.25, -0.2) is 10.2 Å². The van der Waals surface area contributed by atoms with E-state index in [1.165, 1.54) is 24.5 Å². The Kier molecular flexibility index (Phi) is 3.10. The van der Waals surface area contributed by atoms with E-state index < -0.39 is 11.6 Å². The average molecular weight is 238 g/mol. The molecule has 1 aromatic heterocycles. The first-order valence-electron chi connectivity index (χ1n) is 4.61. The lowest BCUT2D eigenvalue weighted by molar-refractivity contribution is 0.404. The van der Waals surface area contributed by atoms with Gasteiger partial charge in [0.25, 0.3) is 0 Å². The van der Waals surface area contributed by atoms with Crippen LogP contribution < -0.4 is 16.0 Å². The molecule has 2 rings (SSSR count). The number of nitrogen functional groups attached to an aromatic ring is 1. The van der Waals surface area contributed by atoms with Gasteiger partial charge in [0.2, 0.25) is 11.7 Å². The predicted molar refractivity (Wildman–Crippen MR) is 56.3 cm³/mol. The normalized spacial score (nSPS) is 10.1. The summed E-state index contributed by atoms with van der Waals surface area (Å²) in [5, 5.41) is 0. The molecule has 3 N–H and O–H groups in total. The third-order valence-electron chi connectivity index (χ3n) is 1.89. The van der Waals surface area contributed by atoms with Gasteiger partial charge in [-0.15, -0.1) is 0 Å². The third-order valence-corrected chi connectivity index (χ3v) is 1.89. The molecule has 7 heteroatoms. The predicted octanol–water partition coefficient (Wildman–Crippen LogP) is 1.83. The highest BCUT2D eigenvalue weighted by atomic mass is 19.2. The summed E-state index contributed by atoms with van der Waals surface area (Å²) < 4.78 is 31.2. The Bertz CT molecular complexity index is 535. The van der Waals surface area contributed by atoms with Gasteiger partial charge < -0.3 is 10.2 Å². The van der Waals surface area contributed by atoms with Crippen LogP contribution in [-0.4, -0.2) is 9.97 Å². The van der Waals surface area contributed by atoms with Gasteiger partial charge in [0.05, 0.1) is 12.4 Å². The molecule has 0 aliphatic carbocycles. The van der Waals surface area contributed by atoms with Gasteiger partial charge in [-0.1, -0.05) is 6.07 Å². The van der Waals surface area contributed by atoms with Crippen LogP contribution in [0.2, 0.25) is 0 Å². The molecule has 0 saturated heterocycles. The molecule has 0 aliphatic heterocycles. The van der Waals surface area contributed by atoms with Crippen molar-refractivity contribution in [2.75, 3.05) is 5.43 Å². The fraction of sp³-hybridized carbons (Fsp3) is 0. The molecule has 1 heterocycles. The van der Waals surface area contributed by atoms with Crippen LogP contribution in [0.25, 0.3) is 0 Å². The van der Waals surface area contributed by atoms with E-state index in [1.54, 1.807) is 0 Å². The molecule has 5 nitrogen and oxygen atoms in total. The number of anilines is 1. The lowest BCUT2D eigenvalue weighted by Gasteiger charge is -2.06. The molecule has 0 spiro atoms. The number of benzene rings is 1. The molecule has 0 atom stereocenters. The fourth-order valence-electron chi connectivity index (χ4n) is 1.14. The molecule has 0 aliphatic rings. The first-order chi connectivity index (χ1) is 8.20. The van der Waals surface area contributed by atoms with Gasteiger partial charge in [-0.05, 0) is 12.1 Å². The Morgan fingerprint density at radius 2 is 2.06 bits per heavy atom. The maximum atomic E-state index is 13.3. The zero-order valence-corrected chi connectivity index (χ0v) is 8.52. The molecular formula is C10H8F2N4O. The lowest BCUT2D eigenvalue weighted by Crippen LogP contribution is -2.09. The quantitative estimate of drug-likeness (QED) is 0.630. The molecule has 0 bridgehead atoms. The molecule has 2 aromatic rings. The summed E-state index contributed by atoms with van der Waals surface area (Å²) in [5.74, 6) is 3.03. The maximum Gasteiger partial charge on any atom is 0.240 e. The third kappa shape index (κ3) is 2.45. The number of halogens is 2. The number of nitrogens with one attached hydrogen (secondary N) is 1. The molecule has 0 unspecified atom stereocenters. The zero-order valence-electron chi connectivity index (χ0n) is 8.52. The first-order valence-corrected chi connectivity index (χ1v) is 4.61. The monoisotopic (exact) mass is 238 g/mol. The second kappa shape index (κ2) is 4.71. The maximum absolute atomic E-state index is 13.3. The Hall–Kier alpha value is -2.28. The number of hydrogen-bond acceptors (Lipinski definition) is 5. The van der Waals surface area contributed by atoms with Crippen LogP contribution in [0.3, 0.4) is 0 Å². The summed E-state index contributed by atoms with van der Waals surface area (Å²) in [4.78, 5) is 7.60. The number of aromatic nitrogens is 2. The Morgan fingerprint density at radius 3 is 2.82 bits per heavy atom. The summed E-state index contributed by atoms with van der Waals surface area (Å²) in [6.45, 7) is 0. The van der Waals surface area contributed by atoms with Crippen LogP contribution in [0, 0.1) is 11.6 Å². The molecule has 88 valence electrons. The van der Waals surface area contributed by atoms with Gasteiger partial charge in [0.15, 0.2) is 17.4 Å². The lowest BCUT2D eigenvalue weighted by atomic mass is 10.3. The van der Waals surface area contributed by atoms with Crippen molar-refractivity contribution in [2.45, 2.75) is 0 Å². The van der Waals surface area contributed by atoms with Gasteiger partial charge in [-0.3, -0.25) is 4.98 Å². The molecular weight excluding hydrogens is 230 g/mol. The number of hydrogen-bond donors (Lipinski definition) is 2. The second-order valence-corrected chi connectivity index (χ2v) is 3.04. The summed E-state index contributed by atoms with van der Waals surface area (Å²) in [7, 11) is 0. The van der Waals surface area contributed by atoms with Crippen molar-refractivity contribution < 1.29 is 13.5 Å². The summed E-state index contributed by atoms with van der Waals surface area (Å²) >= 11 is 0. The van der Waals surface area contributed by atoms with Crippen molar-refractivity contribution in [1.82, 2.24) is 9.97 Å². The van der Waals surface area contributed by atoms with Crippen molar-refractivity contribution >= 4 is 5.82 Å². The van der Waals surface area contributed by atoms with E-state index in [2.05, 4.69) is 15.4 Å². The molecule has 0 saturated carbocycles. The van der Waals surface area contributed by atoms with Crippen LogP contribution in [0.4, 0.5) is 14.6 Å². The average Bonchev–Trinajstić information content (AvgIpc) is 2.35. The molecule has 0 fully saturated rings. The Labute approximate surface area is 95.2 Å². The largest absolute Gasteiger partial charge is 0.434 e. The molecule has 17 heavy (non-hydrogen) atoms. The minimum Gasteiger partial charge on any atom is -0.434 e. The van der Waals surface area contributed by atoms with E-state index >= 15 is 0 Å². The Morgan fingerprint density at radius 1 is 1.24 bits per heavy atom. The van der Waals surface area contributed by atoms with Crippen LogP contribution in [0.1, 0.15) is 0 Å². The van der Waals surface area contributed by atoms with Crippen molar-refractivity contribution in [1.29, 1.82) is 0 Å². The SMILES string of the molecule is NNc1cncc(Oc2cccc(F)c2F)n1. The van der Waals surface area contributed by atoms with Crippen molar-refractivity contribution in [3.63, 3.8) is 0 Å². The van der Waals surface area contributed by atoms with Crippen molar-refractivity contribution in [3.8, 4) is 11.6 Å². The number of hydrazine groups is 1. The minimum absolute atomic E-state index is 0.00458. The molecule has 1 aromatic carbocycles. The van der Waals surface area contributed by atoms with Crippen LogP contribution in [0.15, 0.2) is 30.6 Å². The smallest absolute Gasteiger partial charge is 0.240 e. The van der Waals surface area contributed by atoms with Crippen LogP contribution >= 0.6 is 0 Å². The van der Waals surface area contributed by atoms with Gasteiger partial charge in [-0.2, -0.15) is 9.37 Å². The highest BCUT2D eigenvalue weighted by molar-refractivity contribution is 5.34. The summed E-state index contributed by atoms with van der Waals surface area (Å²) in [6, 6.07) is 3.60. The zero-order chi connectivity index (χ0) is 12.3. The van der Waals surface area contributed by atoms with Crippen molar-refractivity contribution in [2.24, 2.45) is 5.84 Å². The van der Waals surface area contributed by atoms with Crippen LogP contribution in [-0.2, 0) is 0 Å². The van der Waals surface area contributed by atoms with Gasteiger partial charge in [0, 0.05) is 0 Å². The summed E-state index contributed by atoms with van der Waals surface area (Å²) in [5.41, 5.74) is 2.26. The number of nitrogens with two attached hydrogens (primary N) is 1. The number of rotatable bonds is 3. The van der Waals surface area contributed by atoms with E-state index in [0.717, 1.165) is 6.07 Å². The minimum atomic E-state index is -1.08. The van der Waals surface area contributed by atoms with Gasteiger partial charge in [0.1, 0.15) is 0 Å². The van der Waals surface area contributed by atoms with Crippen LogP contribution in [0.5, 0.6) is 11.6 Å².